The Morgan fingerprint density at radius 2 is 1.96 bits per heavy atom. The Bertz CT molecular complexity index is 874. The van der Waals surface area contributed by atoms with Gasteiger partial charge in [0.25, 0.3) is 0 Å². The van der Waals surface area contributed by atoms with E-state index in [9.17, 15) is 9.18 Å². The van der Waals surface area contributed by atoms with E-state index in [1.807, 2.05) is 30.4 Å². The molecule has 0 bridgehead atoms. The van der Waals surface area contributed by atoms with Crippen LogP contribution in [-0.2, 0) is 10.2 Å². The summed E-state index contributed by atoms with van der Waals surface area (Å²) >= 11 is 0. The summed E-state index contributed by atoms with van der Waals surface area (Å²) in [7, 11) is 0. The average Bonchev–Trinajstić information content (AvgIpc) is 2.78. The first-order valence-electron chi connectivity index (χ1n) is 8.57. The second-order valence-electron chi connectivity index (χ2n) is 7.25. The molecule has 4 rings (SSSR count). The Hall–Kier alpha value is -2.62. The van der Waals surface area contributed by atoms with Gasteiger partial charge in [-0.15, -0.1) is 0 Å². The van der Waals surface area contributed by atoms with Gasteiger partial charge in [0.15, 0.2) is 0 Å². The van der Waals surface area contributed by atoms with Crippen molar-refractivity contribution < 1.29 is 9.18 Å². The maximum absolute atomic E-state index is 13.5. The Kier molecular flexibility index (Phi) is 3.46. The zero-order chi connectivity index (χ0) is 17.7. The van der Waals surface area contributed by atoms with Gasteiger partial charge in [0, 0.05) is 24.1 Å². The van der Waals surface area contributed by atoms with Crippen LogP contribution in [0.5, 0.6) is 0 Å². The summed E-state index contributed by atoms with van der Waals surface area (Å²) in [6.07, 6.45) is 4.38. The number of hydrogen-bond acceptors (Lipinski definition) is 2. The summed E-state index contributed by atoms with van der Waals surface area (Å²) in [5.41, 5.74) is 2.17. The predicted octanol–water partition coefficient (Wildman–Crippen LogP) is 3.85. The lowest BCUT2D eigenvalue weighted by Crippen LogP contribution is -2.68. The van der Waals surface area contributed by atoms with E-state index >= 15 is 0 Å². The highest BCUT2D eigenvalue weighted by Crippen LogP contribution is 2.52. The lowest BCUT2D eigenvalue weighted by atomic mass is 9.74. The largest absolute Gasteiger partial charge is 0.344 e. The van der Waals surface area contributed by atoms with Crippen molar-refractivity contribution in [1.82, 2.24) is 5.32 Å². The number of para-hydroxylation sites is 1. The molecule has 0 unspecified atom stereocenters. The third-order valence-corrected chi connectivity index (χ3v) is 5.50. The Morgan fingerprint density at radius 3 is 2.76 bits per heavy atom. The number of benzene rings is 2. The molecular weight excluding hydrogens is 315 g/mol. The summed E-state index contributed by atoms with van der Waals surface area (Å²) in [6.45, 7) is 4.96. The number of nitrogens with one attached hydrogen (secondary N) is 1. The van der Waals surface area contributed by atoms with Crippen LogP contribution in [0.2, 0.25) is 0 Å². The lowest BCUT2D eigenvalue weighted by Gasteiger charge is -2.49. The van der Waals surface area contributed by atoms with E-state index in [2.05, 4.69) is 36.2 Å². The fraction of sp³-hybridized carbons (Fsp3) is 0.286. The molecule has 1 N–H and O–H groups in total. The number of fused-ring (bicyclic) bond motifs is 3. The van der Waals surface area contributed by atoms with Gasteiger partial charge >= 0.3 is 0 Å². The van der Waals surface area contributed by atoms with Gasteiger partial charge in [0.2, 0.25) is 5.91 Å². The fourth-order valence-electron chi connectivity index (χ4n) is 4.15. The first kappa shape index (κ1) is 15.9. The maximum atomic E-state index is 13.5. The molecule has 0 aliphatic carbocycles. The molecule has 4 heteroatoms. The minimum Gasteiger partial charge on any atom is -0.344 e. The van der Waals surface area contributed by atoms with Crippen molar-refractivity contribution in [1.29, 1.82) is 0 Å². The molecule has 0 aromatic heterocycles. The number of carbonyl (C=O) groups is 1. The molecule has 0 spiro atoms. The van der Waals surface area contributed by atoms with Crippen LogP contribution in [0.4, 0.5) is 10.1 Å². The summed E-state index contributed by atoms with van der Waals surface area (Å²) in [6, 6.07) is 14.8. The number of halogens is 1. The second-order valence-corrected chi connectivity index (χ2v) is 7.25. The van der Waals surface area contributed by atoms with E-state index in [0.717, 1.165) is 11.3 Å². The molecule has 2 aromatic carbocycles. The zero-order valence-electron chi connectivity index (χ0n) is 14.4. The molecule has 1 atom stereocenters. The molecule has 3 nitrogen and oxygen atoms in total. The van der Waals surface area contributed by atoms with Crippen molar-refractivity contribution in [3.63, 3.8) is 0 Å². The van der Waals surface area contributed by atoms with Crippen LogP contribution in [0.25, 0.3) is 6.08 Å². The molecule has 1 saturated heterocycles. The zero-order valence-corrected chi connectivity index (χ0v) is 14.4. The van der Waals surface area contributed by atoms with Gasteiger partial charge in [-0.25, -0.2) is 4.39 Å². The van der Waals surface area contributed by atoms with Crippen molar-refractivity contribution in [2.45, 2.75) is 31.3 Å². The van der Waals surface area contributed by atoms with Gasteiger partial charge in [-0.2, -0.15) is 0 Å². The summed E-state index contributed by atoms with van der Waals surface area (Å²) < 4.78 is 13.5. The number of rotatable bonds is 2. The molecule has 0 saturated carbocycles. The molecule has 2 aliphatic heterocycles. The van der Waals surface area contributed by atoms with E-state index < -0.39 is 5.66 Å². The monoisotopic (exact) mass is 336 g/mol. The number of anilines is 1. The normalized spacial score (nSPS) is 24.1. The van der Waals surface area contributed by atoms with Gasteiger partial charge < -0.3 is 10.2 Å². The smallest absolute Gasteiger partial charge is 0.223 e. The quantitative estimate of drug-likeness (QED) is 0.903. The van der Waals surface area contributed by atoms with Crippen molar-refractivity contribution in [3.05, 3.63) is 71.6 Å². The van der Waals surface area contributed by atoms with Crippen LogP contribution in [0.1, 0.15) is 31.4 Å². The lowest BCUT2D eigenvalue weighted by molar-refractivity contribution is -0.124. The average molecular weight is 336 g/mol. The molecule has 25 heavy (non-hydrogen) atoms. The molecular formula is C21H21FN2O. The van der Waals surface area contributed by atoms with E-state index in [4.69, 9.17) is 0 Å². The van der Waals surface area contributed by atoms with Crippen LogP contribution in [0.3, 0.4) is 0 Å². The number of nitrogens with zero attached hydrogens (tertiary/aromatic N) is 1. The van der Waals surface area contributed by atoms with E-state index in [1.54, 1.807) is 6.07 Å². The van der Waals surface area contributed by atoms with Crippen molar-refractivity contribution in [2.75, 3.05) is 11.4 Å². The SMILES string of the molecule is CC1(C)c2ccccc2N2CCC(=O)N[C@]21/C=C/c1cccc(F)c1. The van der Waals surface area contributed by atoms with Crippen LogP contribution < -0.4 is 10.2 Å². The third-order valence-electron chi connectivity index (χ3n) is 5.50. The van der Waals surface area contributed by atoms with Gasteiger partial charge in [-0.05, 0) is 35.4 Å². The van der Waals surface area contributed by atoms with Gasteiger partial charge in [0.05, 0.1) is 0 Å². The number of hydrogen-bond donors (Lipinski definition) is 1. The highest BCUT2D eigenvalue weighted by atomic mass is 19.1. The minimum atomic E-state index is -0.654. The molecule has 2 heterocycles. The Labute approximate surface area is 147 Å². The fourth-order valence-corrected chi connectivity index (χ4v) is 4.15. The molecule has 1 fully saturated rings. The number of amides is 1. The summed E-state index contributed by atoms with van der Waals surface area (Å²) in [5, 5.41) is 3.22. The summed E-state index contributed by atoms with van der Waals surface area (Å²) in [5.74, 6) is -0.223. The molecule has 0 radical (unpaired) electrons. The first-order chi connectivity index (χ1) is 11.9. The highest BCUT2D eigenvalue weighted by molar-refractivity contribution is 5.84. The minimum absolute atomic E-state index is 0.0426. The molecule has 128 valence electrons. The maximum Gasteiger partial charge on any atom is 0.223 e. The summed E-state index contributed by atoms with van der Waals surface area (Å²) in [4.78, 5) is 14.5. The topological polar surface area (TPSA) is 32.3 Å². The van der Waals surface area contributed by atoms with Gasteiger partial charge in [-0.1, -0.05) is 50.3 Å². The van der Waals surface area contributed by atoms with Crippen LogP contribution >= 0.6 is 0 Å². The number of carbonyl (C=O) groups excluding carboxylic acids is 1. The molecule has 2 aromatic rings. The Morgan fingerprint density at radius 1 is 1.16 bits per heavy atom. The standard InChI is InChI=1S/C21H21FN2O/c1-20(2)17-8-3-4-9-18(17)24-13-11-19(25)23-21(20,24)12-10-15-6-5-7-16(22)14-15/h3-10,12,14H,11,13H2,1-2H3,(H,23,25)/b12-10+/t21-/m1/s1. The molecule has 1 amide bonds. The van der Waals surface area contributed by atoms with Gasteiger partial charge in [0.1, 0.15) is 11.5 Å². The molecule has 2 aliphatic rings. The van der Waals surface area contributed by atoms with Crippen molar-refractivity contribution in [2.24, 2.45) is 0 Å². The third kappa shape index (κ3) is 2.28. The first-order valence-corrected chi connectivity index (χ1v) is 8.57. The van der Waals surface area contributed by atoms with E-state index in [1.165, 1.54) is 17.7 Å². The van der Waals surface area contributed by atoms with E-state index in [-0.39, 0.29) is 17.1 Å². The highest BCUT2D eigenvalue weighted by Gasteiger charge is 2.57. The van der Waals surface area contributed by atoms with E-state index in [0.29, 0.717) is 13.0 Å². The van der Waals surface area contributed by atoms with Crippen LogP contribution in [-0.4, -0.2) is 18.1 Å². The van der Waals surface area contributed by atoms with Crippen molar-refractivity contribution in [3.8, 4) is 0 Å². The van der Waals surface area contributed by atoms with Crippen molar-refractivity contribution >= 4 is 17.7 Å². The predicted molar refractivity (Wildman–Crippen MR) is 97.7 cm³/mol. The van der Waals surface area contributed by atoms with Crippen LogP contribution in [0.15, 0.2) is 54.6 Å². The Balaban J connectivity index is 1.85. The second kappa shape index (κ2) is 5.45. The van der Waals surface area contributed by atoms with Crippen LogP contribution in [0, 0.1) is 5.82 Å². The van der Waals surface area contributed by atoms with Gasteiger partial charge in [-0.3, -0.25) is 4.79 Å².